The summed E-state index contributed by atoms with van der Waals surface area (Å²) < 4.78 is 17.4. The summed E-state index contributed by atoms with van der Waals surface area (Å²) >= 11 is 6.74. The molecule has 1 amide bonds. The number of benzene rings is 2. The van der Waals surface area contributed by atoms with Gasteiger partial charge in [0.05, 0.1) is 24.9 Å². The summed E-state index contributed by atoms with van der Waals surface area (Å²) in [5.41, 5.74) is 3.14. The summed E-state index contributed by atoms with van der Waals surface area (Å²) in [6.45, 7) is -0.169. The average molecular weight is 472 g/mol. The lowest BCUT2D eigenvalue weighted by Gasteiger charge is -2.08. The number of hydrazone groups is 1. The third-order valence-corrected chi connectivity index (χ3v) is 4.20. The molecular formula is C17H16Br2N2O4. The minimum atomic E-state index is -0.382. The maximum Gasteiger partial charge on any atom is 0.277 e. The van der Waals surface area contributed by atoms with Crippen LogP contribution in [0.2, 0.25) is 0 Å². The molecule has 0 bridgehead atoms. The molecule has 25 heavy (non-hydrogen) atoms. The molecule has 0 radical (unpaired) electrons. The fourth-order valence-corrected chi connectivity index (χ4v) is 2.73. The van der Waals surface area contributed by atoms with E-state index in [4.69, 9.17) is 14.2 Å². The molecule has 0 fully saturated rings. The van der Waals surface area contributed by atoms with Crippen molar-refractivity contribution in [1.82, 2.24) is 5.43 Å². The van der Waals surface area contributed by atoms with Gasteiger partial charge in [0.25, 0.3) is 5.91 Å². The number of halogens is 2. The molecule has 1 N–H and O–H groups in total. The first-order valence-corrected chi connectivity index (χ1v) is 8.74. The van der Waals surface area contributed by atoms with Gasteiger partial charge >= 0.3 is 0 Å². The SMILES string of the molecule is COc1ccc(OCC(=O)N/N=C\c2cc(Br)ccc2OC)c(Br)c1. The van der Waals surface area contributed by atoms with Crippen molar-refractivity contribution in [3.63, 3.8) is 0 Å². The van der Waals surface area contributed by atoms with Crippen molar-refractivity contribution in [3.8, 4) is 17.2 Å². The van der Waals surface area contributed by atoms with Crippen molar-refractivity contribution in [3.05, 3.63) is 50.9 Å². The van der Waals surface area contributed by atoms with E-state index in [0.717, 1.165) is 10.0 Å². The third-order valence-electron chi connectivity index (χ3n) is 3.08. The van der Waals surface area contributed by atoms with Crippen molar-refractivity contribution in [1.29, 1.82) is 0 Å². The second-order valence-electron chi connectivity index (χ2n) is 4.76. The van der Waals surface area contributed by atoms with Gasteiger partial charge in [-0.1, -0.05) is 15.9 Å². The Morgan fingerprint density at radius 1 is 1.12 bits per heavy atom. The predicted octanol–water partition coefficient (Wildman–Crippen LogP) is 3.76. The van der Waals surface area contributed by atoms with Gasteiger partial charge < -0.3 is 14.2 Å². The van der Waals surface area contributed by atoms with Crippen LogP contribution in [0.1, 0.15) is 5.56 Å². The molecule has 0 aliphatic heterocycles. The first-order chi connectivity index (χ1) is 12.0. The molecule has 0 spiro atoms. The minimum absolute atomic E-state index is 0.169. The molecule has 8 heteroatoms. The Balaban J connectivity index is 1.90. The van der Waals surface area contributed by atoms with E-state index in [-0.39, 0.29) is 12.5 Å². The van der Waals surface area contributed by atoms with Gasteiger partial charge in [0, 0.05) is 10.0 Å². The van der Waals surface area contributed by atoms with Gasteiger partial charge in [-0.05, 0) is 52.3 Å². The van der Waals surface area contributed by atoms with Crippen LogP contribution >= 0.6 is 31.9 Å². The molecule has 0 aromatic heterocycles. The zero-order valence-electron chi connectivity index (χ0n) is 13.6. The van der Waals surface area contributed by atoms with E-state index in [9.17, 15) is 4.79 Å². The molecule has 132 valence electrons. The number of methoxy groups -OCH3 is 2. The number of carbonyl (C=O) groups is 1. The van der Waals surface area contributed by atoms with Crippen LogP contribution in [0.15, 0.2) is 50.4 Å². The molecule has 0 aliphatic rings. The first kappa shape index (κ1) is 19.3. The van der Waals surface area contributed by atoms with Crippen molar-refractivity contribution >= 4 is 44.0 Å². The zero-order chi connectivity index (χ0) is 18.2. The fourth-order valence-electron chi connectivity index (χ4n) is 1.88. The van der Waals surface area contributed by atoms with Crippen LogP contribution in [0.4, 0.5) is 0 Å². The number of nitrogens with zero attached hydrogens (tertiary/aromatic N) is 1. The first-order valence-electron chi connectivity index (χ1n) is 7.15. The molecule has 0 saturated carbocycles. The smallest absolute Gasteiger partial charge is 0.277 e. The number of nitrogens with one attached hydrogen (secondary N) is 1. The molecule has 0 aliphatic carbocycles. The average Bonchev–Trinajstić information content (AvgIpc) is 2.60. The maximum atomic E-state index is 11.8. The standard InChI is InChI=1S/C17H16Br2N2O4/c1-23-13-4-6-16(14(19)8-13)25-10-17(22)21-20-9-11-7-12(18)3-5-15(11)24-2/h3-9H,10H2,1-2H3,(H,21,22)/b20-9-. The van der Waals surface area contributed by atoms with E-state index in [0.29, 0.717) is 21.7 Å². The highest BCUT2D eigenvalue weighted by Crippen LogP contribution is 2.29. The van der Waals surface area contributed by atoms with Gasteiger partial charge in [-0.2, -0.15) is 5.10 Å². The van der Waals surface area contributed by atoms with Crippen LogP contribution in [-0.4, -0.2) is 32.9 Å². The Bertz CT molecular complexity index is 781. The molecule has 2 aromatic rings. The van der Waals surface area contributed by atoms with E-state index < -0.39 is 0 Å². The second-order valence-corrected chi connectivity index (χ2v) is 6.53. The molecule has 2 rings (SSSR count). The van der Waals surface area contributed by atoms with Crippen LogP contribution in [0.3, 0.4) is 0 Å². The third kappa shape index (κ3) is 5.75. The summed E-state index contributed by atoms with van der Waals surface area (Å²) in [4.78, 5) is 11.8. The number of hydrogen-bond donors (Lipinski definition) is 1. The topological polar surface area (TPSA) is 69.2 Å². The highest BCUT2D eigenvalue weighted by Gasteiger charge is 2.06. The molecule has 2 aromatic carbocycles. The largest absolute Gasteiger partial charge is 0.497 e. The summed E-state index contributed by atoms with van der Waals surface area (Å²) in [5.74, 6) is 1.50. The minimum Gasteiger partial charge on any atom is -0.497 e. The number of amides is 1. The summed E-state index contributed by atoms with van der Waals surface area (Å²) in [6.07, 6.45) is 1.50. The monoisotopic (exact) mass is 470 g/mol. The Morgan fingerprint density at radius 3 is 2.56 bits per heavy atom. The summed E-state index contributed by atoms with van der Waals surface area (Å²) in [6, 6.07) is 10.7. The van der Waals surface area contributed by atoms with Gasteiger partial charge in [-0.15, -0.1) is 0 Å². The van der Waals surface area contributed by atoms with Crippen molar-refractivity contribution in [2.24, 2.45) is 5.10 Å². The molecular weight excluding hydrogens is 456 g/mol. The van der Waals surface area contributed by atoms with E-state index in [1.807, 2.05) is 12.1 Å². The quantitative estimate of drug-likeness (QED) is 0.493. The molecule has 0 saturated heterocycles. The summed E-state index contributed by atoms with van der Waals surface area (Å²) in [7, 11) is 3.15. The van der Waals surface area contributed by atoms with Crippen LogP contribution in [0.5, 0.6) is 17.2 Å². The van der Waals surface area contributed by atoms with Gasteiger partial charge in [0.15, 0.2) is 6.61 Å². The lowest BCUT2D eigenvalue weighted by molar-refractivity contribution is -0.123. The molecule has 0 unspecified atom stereocenters. The van der Waals surface area contributed by atoms with Gasteiger partial charge in [-0.3, -0.25) is 4.79 Å². The van der Waals surface area contributed by atoms with E-state index >= 15 is 0 Å². The summed E-state index contributed by atoms with van der Waals surface area (Å²) in [5, 5.41) is 3.92. The Hall–Kier alpha value is -2.06. The van der Waals surface area contributed by atoms with Crippen LogP contribution < -0.4 is 19.6 Å². The van der Waals surface area contributed by atoms with E-state index in [1.165, 1.54) is 6.21 Å². The van der Waals surface area contributed by atoms with E-state index in [1.54, 1.807) is 38.5 Å². The fraction of sp³-hybridized carbons (Fsp3) is 0.176. The van der Waals surface area contributed by atoms with Crippen LogP contribution in [-0.2, 0) is 4.79 Å². The highest BCUT2D eigenvalue weighted by atomic mass is 79.9. The van der Waals surface area contributed by atoms with Crippen molar-refractivity contribution in [2.45, 2.75) is 0 Å². The van der Waals surface area contributed by atoms with Gasteiger partial charge in [0.1, 0.15) is 17.2 Å². The zero-order valence-corrected chi connectivity index (χ0v) is 16.8. The van der Waals surface area contributed by atoms with Crippen molar-refractivity contribution < 1.29 is 19.0 Å². The van der Waals surface area contributed by atoms with Crippen LogP contribution in [0.25, 0.3) is 0 Å². The van der Waals surface area contributed by atoms with Gasteiger partial charge in [-0.25, -0.2) is 5.43 Å². The molecule has 0 atom stereocenters. The van der Waals surface area contributed by atoms with Gasteiger partial charge in [0.2, 0.25) is 0 Å². The Labute approximate surface area is 162 Å². The lowest BCUT2D eigenvalue weighted by Crippen LogP contribution is -2.24. The number of rotatable bonds is 7. The normalized spacial score (nSPS) is 10.6. The highest BCUT2D eigenvalue weighted by molar-refractivity contribution is 9.10. The number of hydrogen-bond acceptors (Lipinski definition) is 5. The van der Waals surface area contributed by atoms with E-state index in [2.05, 4.69) is 42.4 Å². The Morgan fingerprint density at radius 2 is 1.88 bits per heavy atom. The molecule has 6 nitrogen and oxygen atoms in total. The maximum absolute atomic E-state index is 11.8. The number of ether oxygens (including phenoxy) is 3. The molecule has 0 heterocycles. The predicted molar refractivity (Wildman–Crippen MR) is 103 cm³/mol. The second kappa shape index (κ2) is 9.43. The van der Waals surface area contributed by atoms with Crippen molar-refractivity contribution in [2.75, 3.05) is 20.8 Å². The lowest BCUT2D eigenvalue weighted by atomic mass is 10.2. The number of carbonyl (C=O) groups excluding carboxylic acids is 1. The van der Waals surface area contributed by atoms with Crippen LogP contribution in [0, 0.1) is 0 Å². The Kier molecular flexibility index (Phi) is 7.27.